The number of para-hydroxylation sites is 3. The fraction of sp³-hybridized carbons (Fsp3) is 0.167. The second-order valence-electron chi connectivity index (χ2n) is 7.05. The molecule has 5 nitrogen and oxygen atoms in total. The molecule has 30 heavy (non-hydrogen) atoms. The van der Waals surface area contributed by atoms with Crippen LogP contribution in [-0.4, -0.2) is 30.1 Å². The normalized spacial score (nSPS) is 15.1. The Balaban J connectivity index is 1.43. The Morgan fingerprint density at radius 2 is 1.70 bits per heavy atom. The third kappa shape index (κ3) is 3.74. The molecule has 0 aliphatic carbocycles. The first-order valence-corrected chi connectivity index (χ1v) is 10.7. The molecule has 1 amide bonds. The van der Waals surface area contributed by atoms with Gasteiger partial charge in [-0.05, 0) is 36.2 Å². The van der Waals surface area contributed by atoms with Crippen LogP contribution in [0.3, 0.4) is 0 Å². The van der Waals surface area contributed by atoms with E-state index in [-0.39, 0.29) is 12.5 Å². The van der Waals surface area contributed by atoms with E-state index in [0.29, 0.717) is 23.2 Å². The number of carbonyl (C=O) groups excluding carboxylic acids is 1. The van der Waals surface area contributed by atoms with Gasteiger partial charge in [0.2, 0.25) is 6.10 Å². The molecule has 0 N–H and O–H groups in total. The van der Waals surface area contributed by atoms with E-state index in [1.54, 1.807) is 4.90 Å². The van der Waals surface area contributed by atoms with Gasteiger partial charge in [-0.15, -0.1) is 0 Å². The predicted octanol–water partition coefficient (Wildman–Crippen LogP) is 4.71. The van der Waals surface area contributed by atoms with E-state index in [9.17, 15) is 4.79 Å². The van der Waals surface area contributed by atoms with Crippen LogP contribution < -0.4 is 14.4 Å². The third-order valence-electron chi connectivity index (χ3n) is 5.03. The lowest BCUT2D eigenvalue weighted by Crippen LogP contribution is -2.47. The van der Waals surface area contributed by atoms with Crippen LogP contribution in [0.2, 0.25) is 0 Å². The summed E-state index contributed by atoms with van der Waals surface area (Å²) in [5.74, 6) is 1.12. The minimum atomic E-state index is -0.706. The molecule has 0 radical (unpaired) electrons. The number of hydrogen-bond donors (Lipinski definition) is 0. The first kappa shape index (κ1) is 18.6. The number of aromatic nitrogens is 1. The van der Waals surface area contributed by atoms with Crippen LogP contribution in [0.15, 0.2) is 78.9 Å². The van der Waals surface area contributed by atoms with Gasteiger partial charge >= 0.3 is 0 Å². The van der Waals surface area contributed by atoms with Crippen molar-refractivity contribution in [3.05, 3.63) is 84.4 Å². The van der Waals surface area contributed by atoms with Crippen LogP contribution in [0.1, 0.15) is 5.56 Å². The topological polar surface area (TPSA) is 51.7 Å². The molecular formula is C24H20N2O3S. The fourth-order valence-corrected chi connectivity index (χ4v) is 4.47. The maximum Gasteiger partial charge on any atom is 0.273 e. The summed E-state index contributed by atoms with van der Waals surface area (Å²) in [5.41, 5.74) is 2.06. The van der Waals surface area contributed by atoms with E-state index < -0.39 is 6.10 Å². The smallest absolute Gasteiger partial charge is 0.273 e. The summed E-state index contributed by atoms with van der Waals surface area (Å²) in [7, 11) is 0. The van der Waals surface area contributed by atoms with Crippen molar-refractivity contribution < 1.29 is 14.3 Å². The van der Waals surface area contributed by atoms with Crippen LogP contribution >= 0.6 is 11.3 Å². The van der Waals surface area contributed by atoms with Crippen molar-refractivity contribution in [2.75, 3.05) is 18.1 Å². The van der Waals surface area contributed by atoms with Gasteiger partial charge in [0.1, 0.15) is 6.61 Å². The minimum Gasteiger partial charge on any atom is -0.485 e. The largest absolute Gasteiger partial charge is 0.485 e. The Morgan fingerprint density at radius 3 is 2.53 bits per heavy atom. The average molecular weight is 417 g/mol. The molecule has 4 aromatic rings. The first-order chi connectivity index (χ1) is 14.8. The standard InChI is InChI=1S/C24H20N2O3S/c27-23(21-16-28-19-11-5-6-12-20(19)29-21)26(15-14-17-8-2-1-3-9-17)24-25-18-10-4-7-13-22(18)30-24/h1-13,21H,14-16H2/t21-/m1/s1. The van der Waals surface area contributed by atoms with Crippen LogP contribution in [0.5, 0.6) is 11.5 Å². The molecule has 0 spiro atoms. The van der Waals surface area contributed by atoms with Gasteiger partial charge in [0.25, 0.3) is 5.91 Å². The summed E-state index contributed by atoms with van der Waals surface area (Å²) in [6, 6.07) is 25.5. The Hall–Kier alpha value is -3.38. The molecule has 0 saturated carbocycles. The number of amides is 1. The minimum absolute atomic E-state index is 0.139. The number of thiazole rings is 1. The van der Waals surface area contributed by atoms with Crippen molar-refractivity contribution in [1.29, 1.82) is 0 Å². The molecule has 0 bridgehead atoms. The Bertz CT molecular complexity index is 1140. The molecule has 150 valence electrons. The van der Waals surface area contributed by atoms with Crippen LogP contribution in [0.25, 0.3) is 10.2 Å². The van der Waals surface area contributed by atoms with Gasteiger partial charge in [0.05, 0.1) is 10.2 Å². The van der Waals surface area contributed by atoms with Gasteiger partial charge in [0, 0.05) is 6.54 Å². The van der Waals surface area contributed by atoms with Crippen molar-refractivity contribution >= 4 is 32.6 Å². The van der Waals surface area contributed by atoms with Gasteiger partial charge in [-0.2, -0.15) is 0 Å². The lowest BCUT2D eigenvalue weighted by molar-refractivity contribution is -0.127. The van der Waals surface area contributed by atoms with E-state index in [1.165, 1.54) is 16.9 Å². The van der Waals surface area contributed by atoms with Crippen LogP contribution in [0, 0.1) is 0 Å². The molecule has 0 fully saturated rings. The van der Waals surface area contributed by atoms with Crippen molar-refractivity contribution in [2.24, 2.45) is 0 Å². The number of rotatable bonds is 5. The highest BCUT2D eigenvalue weighted by molar-refractivity contribution is 7.22. The highest BCUT2D eigenvalue weighted by atomic mass is 32.1. The fourth-order valence-electron chi connectivity index (χ4n) is 3.48. The summed E-state index contributed by atoms with van der Waals surface area (Å²) in [5, 5.41) is 0.680. The van der Waals surface area contributed by atoms with Gasteiger partial charge in [-0.25, -0.2) is 4.98 Å². The number of nitrogens with zero attached hydrogens (tertiary/aromatic N) is 2. The summed E-state index contributed by atoms with van der Waals surface area (Å²) in [6.45, 7) is 0.701. The molecule has 6 heteroatoms. The number of ether oxygens (including phenoxy) is 2. The summed E-state index contributed by atoms with van der Waals surface area (Å²) in [4.78, 5) is 19.9. The summed E-state index contributed by atoms with van der Waals surface area (Å²) < 4.78 is 12.8. The SMILES string of the molecule is O=C([C@H]1COc2ccccc2O1)N(CCc1ccccc1)c1nc2ccccc2s1. The lowest BCUT2D eigenvalue weighted by Gasteiger charge is -2.29. The van der Waals surface area contributed by atoms with Crippen LogP contribution in [-0.2, 0) is 11.2 Å². The zero-order valence-corrected chi connectivity index (χ0v) is 17.0. The molecule has 3 aromatic carbocycles. The van der Waals surface area contributed by atoms with E-state index in [2.05, 4.69) is 12.1 Å². The van der Waals surface area contributed by atoms with E-state index in [1.807, 2.05) is 66.7 Å². The molecule has 1 aromatic heterocycles. The summed E-state index contributed by atoms with van der Waals surface area (Å²) >= 11 is 1.52. The lowest BCUT2D eigenvalue weighted by atomic mass is 10.1. The Morgan fingerprint density at radius 1 is 0.967 bits per heavy atom. The Kier molecular flexibility index (Phi) is 5.07. The van der Waals surface area contributed by atoms with E-state index in [4.69, 9.17) is 14.5 Å². The second kappa shape index (κ2) is 8.16. The molecule has 1 aliphatic heterocycles. The highest BCUT2D eigenvalue weighted by Gasteiger charge is 2.33. The monoisotopic (exact) mass is 416 g/mol. The molecule has 0 saturated heterocycles. The number of benzene rings is 3. The maximum atomic E-state index is 13.5. The molecule has 1 aliphatic rings. The third-order valence-corrected chi connectivity index (χ3v) is 6.09. The first-order valence-electron chi connectivity index (χ1n) is 9.87. The quantitative estimate of drug-likeness (QED) is 0.473. The van der Waals surface area contributed by atoms with Gasteiger partial charge in [0.15, 0.2) is 16.6 Å². The molecule has 5 rings (SSSR count). The van der Waals surface area contributed by atoms with E-state index in [0.717, 1.165) is 16.6 Å². The average Bonchev–Trinajstić information content (AvgIpc) is 3.23. The molecule has 0 unspecified atom stereocenters. The molecule has 1 atom stereocenters. The van der Waals surface area contributed by atoms with Crippen molar-refractivity contribution in [1.82, 2.24) is 4.98 Å². The van der Waals surface area contributed by atoms with Crippen molar-refractivity contribution in [3.8, 4) is 11.5 Å². The number of hydrogen-bond acceptors (Lipinski definition) is 5. The predicted molar refractivity (Wildman–Crippen MR) is 118 cm³/mol. The van der Waals surface area contributed by atoms with E-state index >= 15 is 0 Å². The Labute approximate surface area is 178 Å². The second-order valence-corrected chi connectivity index (χ2v) is 8.06. The molecular weight excluding hydrogens is 396 g/mol. The number of carbonyl (C=O) groups is 1. The van der Waals surface area contributed by atoms with Gasteiger partial charge < -0.3 is 9.47 Å². The summed E-state index contributed by atoms with van der Waals surface area (Å²) in [6.07, 6.45) is 0.0230. The number of anilines is 1. The zero-order chi connectivity index (χ0) is 20.3. The highest BCUT2D eigenvalue weighted by Crippen LogP contribution is 2.33. The van der Waals surface area contributed by atoms with Crippen molar-refractivity contribution in [2.45, 2.75) is 12.5 Å². The number of fused-ring (bicyclic) bond motifs is 2. The molecule has 2 heterocycles. The van der Waals surface area contributed by atoms with Crippen LogP contribution in [0.4, 0.5) is 5.13 Å². The zero-order valence-electron chi connectivity index (χ0n) is 16.2. The van der Waals surface area contributed by atoms with Gasteiger partial charge in [-0.1, -0.05) is 65.9 Å². The maximum absolute atomic E-state index is 13.5. The van der Waals surface area contributed by atoms with Crippen molar-refractivity contribution in [3.63, 3.8) is 0 Å². The van der Waals surface area contributed by atoms with Gasteiger partial charge in [-0.3, -0.25) is 9.69 Å².